The van der Waals surface area contributed by atoms with Gasteiger partial charge in [0.25, 0.3) is 0 Å². The molecule has 0 fully saturated rings. The smallest absolute Gasteiger partial charge is 0.0487 e. The van der Waals surface area contributed by atoms with Gasteiger partial charge in [0, 0.05) is 21.1 Å². The zero-order valence-electron chi connectivity index (χ0n) is 7.72. The van der Waals surface area contributed by atoms with Crippen LogP contribution in [0.15, 0.2) is 24.3 Å². The lowest BCUT2D eigenvalue weighted by atomic mass is 10.1. The molecule has 0 saturated carbocycles. The molecule has 66 valence electrons. The fourth-order valence-corrected chi connectivity index (χ4v) is 1.85. The molecule has 0 bridgehead atoms. The Kier molecular flexibility index (Phi) is 1.93. The van der Waals surface area contributed by atoms with Crippen molar-refractivity contribution in [2.75, 3.05) is 0 Å². The third kappa shape index (κ3) is 1.49. The van der Waals surface area contributed by atoms with Crippen LogP contribution in [0.3, 0.4) is 0 Å². The van der Waals surface area contributed by atoms with E-state index in [4.69, 9.17) is 12.2 Å². The van der Waals surface area contributed by atoms with Crippen LogP contribution in [0.2, 0.25) is 0 Å². The predicted molar refractivity (Wildman–Crippen MR) is 58.6 cm³/mol. The molecule has 1 nitrogen and oxygen atoms in total. The Balaban J connectivity index is 2.95. The molecule has 1 N–H and O–H groups in total. The van der Waals surface area contributed by atoms with E-state index in [-0.39, 0.29) is 0 Å². The molecule has 0 amide bonds. The van der Waals surface area contributed by atoms with Gasteiger partial charge in [-0.3, -0.25) is 0 Å². The van der Waals surface area contributed by atoms with Crippen LogP contribution in [0.5, 0.6) is 0 Å². The number of rotatable bonds is 0. The fourth-order valence-electron chi connectivity index (χ4n) is 1.50. The van der Waals surface area contributed by atoms with Crippen LogP contribution in [0.1, 0.15) is 11.3 Å². The maximum atomic E-state index is 5.26. The standard InChI is InChI=1S/C11H11NS/c1-7-3-4-9-10(5-7)12-8(2)6-11(9)13/h3-6H,1-2H3,(H,12,13). The summed E-state index contributed by atoms with van der Waals surface area (Å²) in [6, 6.07) is 8.27. The Hall–Kier alpha value is -1.15. The summed E-state index contributed by atoms with van der Waals surface area (Å²) >= 11 is 5.26. The molecular weight excluding hydrogens is 178 g/mol. The lowest BCUT2D eigenvalue weighted by molar-refractivity contribution is 1.25. The van der Waals surface area contributed by atoms with Gasteiger partial charge in [0.15, 0.2) is 0 Å². The van der Waals surface area contributed by atoms with Crippen LogP contribution in [0.25, 0.3) is 10.9 Å². The lowest BCUT2D eigenvalue weighted by Gasteiger charge is -2.01. The van der Waals surface area contributed by atoms with E-state index in [9.17, 15) is 0 Å². The predicted octanol–water partition coefficient (Wildman–Crippen LogP) is 3.51. The first-order valence-electron chi connectivity index (χ1n) is 4.27. The summed E-state index contributed by atoms with van der Waals surface area (Å²) in [6.07, 6.45) is 0. The summed E-state index contributed by atoms with van der Waals surface area (Å²) in [7, 11) is 0. The van der Waals surface area contributed by atoms with E-state index in [0.717, 1.165) is 21.1 Å². The number of H-pyrrole nitrogens is 1. The molecular formula is C11H11NS. The van der Waals surface area contributed by atoms with Crippen molar-refractivity contribution in [1.82, 2.24) is 4.98 Å². The minimum absolute atomic E-state index is 0.922. The van der Waals surface area contributed by atoms with Gasteiger partial charge in [0.1, 0.15) is 0 Å². The van der Waals surface area contributed by atoms with Crippen molar-refractivity contribution in [3.8, 4) is 0 Å². The number of nitrogens with one attached hydrogen (secondary N) is 1. The Morgan fingerprint density at radius 3 is 2.69 bits per heavy atom. The second-order valence-corrected chi connectivity index (χ2v) is 3.81. The van der Waals surface area contributed by atoms with E-state index in [1.54, 1.807) is 0 Å². The van der Waals surface area contributed by atoms with Gasteiger partial charge in [-0.2, -0.15) is 0 Å². The molecule has 1 heterocycles. The Morgan fingerprint density at radius 2 is 1.92 bits per heavy atom. The van der Waals surface area contributed by atoms with Gasteiger partial charge in [-0.05, 0) is 31.5 Å². The number of hydrogen-bond donors (Lipinski definition) is 1. The second-order valence-electron chi connectivity index (χ2n) is 3.37. The number of fused-ring (bicyclic) bond motifs is 1. The largest absolute Gasteiger partial charge is 0.359 e. The van der Waals surface area contributed by atoms with Crippen LogP contribution >= 0.6 is 12.2 Å². The lowest BCUT2D eigenvalue weighted by Crippen LogP contribution is -1.84. The van der Waals surface area contributed by atoms with E-state index >= 15 is 0 Å². The number of aryl methyl sites for hydroxylation is 2. The topological polar surface area (TPSA) is 15.8 Å². The van der Waals surface area contributed by atoms with E-state index in [2.05, 4.69) is 30.1 Å². The first-order chi connectivity index (χ1) is 6.16. The average Bonchev–Trinajstić information content (AvgIpc) is 2.02. The van der Waals surface area contributed by atoms with Gasteiger partial charge in [-0.1, -0.05) is 24.4 Å². The zero-order valence-corrected chi connectivity index (χ0v) is 8.53. The highest BCUT2D eigenvalue weighted by Crippen LogP contribution is 2.15. The fraction of sp³-hybridized carbons (Fsp3) is 0.182. The molecule has 1 aromatic heterocycles. The van der Waals surface area contributed by atoms with Crippen LogP contribution in [0.4, 0.5) is 0 Å². The summed E-state index contributed by atoms with van der Waals surface area (Å²) in [6.45, 7) is 4.11. The molecule has 0 unspecified atom stereocenters. The van der Waals surface area contributed by atoms with Crippen molar-refractivity contribution < 1.29 is 0 Å². The second kappa shape index (κ2) is 2.96. The van der Waals surface area contributed by atoms with Crippen LogP contribution < -0.4 is 0 Å². The van der Waals surface area contributed by atoms with Crippen molar-refractivity contribution in [2.45, 2.75) is 13.8 Å². The molecule has 13 heavy (non-hydrogen) atoms. The summed E-state index contributed by atoms with van der Waals surface area (Å²) in [4.78, 5) is 3.30. The maximum absolute atomic E-state index is 5.26. The van der Waals surface area contributed by atoms with E-state index in [0.29, 0.717) is 0 Å². The summed E-state index contributed by atoms with van der Waals surface area (Å²) < 4.78 is 0.922. The molecule has 0 aliphatic rings. The third-order valence-electron chi connectivity index (χ3n) is 2.12. The minimum atomic E-state index is 0.922. The normalized spacial score (nSPS) is 10.6. The average molecular weight is 189 g/mol. The SMILES string of the molecule is Cc1ccc2c(=S)cc(C)[nH]c2c1. The summed E-state index contributed by atoms with van der Waals surface area (Å²) in [5, 5.41) is 1.13. The molecule has 0 spiro atoms. The molecule has 0 radical (unpaired) electrons. The molecule has 2 rings (SSSR count). The van der Waals surface area contributed by atoms with Crippen LogP contribution in [-0.2, 0) is 0 Å². The number of pyridine rings is 1. The van der Waals surface area contributed by atoms with Crippen LogP contribution in [0, 0.1) is 18.4 Å². The number of aromatic amines is 1. The first kappa shape index (κ1) is 8.45. The van der Waals surface area contributed by atoms with Crippen LogP contribution in [-0.4, -0.2) is 4.98 Å². The number of aromatic nitrogens is 1. The molecule has 0 aliphatic carbocycles. The van der Waals surface area contributed by atoms with Gasteiger partial charge >= 0.3 is 0 Å². The van der Waals surface area contributed by atoms with Gasteiger partial charge in [-0.15, -0.1) is 0 Å². The summed E-state index contributed by atoms with van der Waals surface area (Å²) in [5.41, 5.74) is 3.50. The summed E-state index contributed by atoms with van der Waals surface area (Å²) in [5.74, 6) is 0. The van der Waals surface area contributed by atoms with Gasteiger partial charge in [0.05, 0.1) is 0 Å². The van der Waals surface area contributed by atoms with Crippen molar-refractivity contribution in [2.24, 2.45) is 0 Å². The number of benzene rings is 1. The Labute approximate surface area is 82.4 Å². The molecule has 0 saturated heterocycles. The highest BCUT2D eigenvalue weighted by Gasteiger charge is 1.96. The monoisotopic (exact) mass is 189 g/mol. The molecule has 1 aromatic carbocycles. The quantitative estimate of drug-likeness (QED) is 0.627. The highest BCUT2D eigenvalue weighted by molar-refractivity contribution is 7.71. The maximum Gasteiger partial charge on any atom is 0.0487 e. The number of hydrogen-bond acceptors (Lipinski definition) is 1. The van der Waals surface area contributed by atoms with Crippen molar-refractivity contribution in [1.29, 1.82) is 0 Å². The Morgan fingerprint density at radius 1 is 1.15 bits per heavy atom. The minimum Gasteiger partial charge on any atom is -0.359 e. The van der Waals surface area contributed by atoms with E-state index in [1.165, 1.54) is 5.56 Å². The molecule has 0 aliphatic heterocycles. The van der Waals surface area contributed by atoms with Gasteiger partial charge in [-0.25, -0.2) is 0 Å². The zero-order chi connectivity index (χ0) is 9.42. The van der Waals surface area contributed by atoms with Gasteiger partial charge < -0.3 is 4.98 Å². The van der Waals surface area contributed by atoms with Crippen molar-refractivity contribution >= 4 is 23.1 Å². The Bertz CT molecular complexity index is 506. The van der Waals surface area contributed by atoms with E-state index in [1.807, 2.05) is 13.0 Å². The highest BCUT2D eigenvalue weighted by atomic mass is 32.1. The molecule has 2 heteroatoms. The van der Waals surface area contributed by atoms with E-state index < -0.39 is 0 Å². The third-order valence-corrected chi connectivity index (χ3v) is 2.46. The molecule has 0 atom stereocenters. The van der Waals surface area contributed by atoms with Crippen molar-refractivity contribution in [3.05, 3.63) is 40.0 Å². The van der Waals surface area contributed by atoms with Gasteiger partial charge in [0.2, 0.25) is 0 Å². The first-order valence-corrected chi connectivity index (χ1v) is 4.68. The molecule has 2 aromatic rings. The van der Waals surface area contributed by atoms with Crippen molar-refractivity contribution in [3.63, 3.8) is 0 Å².